The van der Waals surface area contributed by atoms with Crippen molar-refractivity contribution in [2.75, 3.05) is 6.54 Å². The van der Waals surface area contributed by atoms with E-state index in [2.05, 4.69) is 9.71 Å². The molecule has 1 aromatic rings. The molecule has 1 aliphatic carbocycles. The monoisotopic (exact) mass is 344 g/mol. The lowest BCUT2D eigenvalue weighted by Gasteiger charge is -2.42. The number of aromatic nitrogens is 1. The van der Waals surface area contributed by atoms with Crippen LogP contribution in [-0.4, -0.2) is 25.5 Å². The van der Waals surface area contributed by atoms with Gasteiger partial charge in [0.05, 0.1) is 0 Å². The van der Waals surface area contributed by atoms with Crippen molar-refractivity contribution in [3.63, 3.8) is 0 Å². The Hall–Kier alpha value is -1.20. The fourth-order valence-electron chi connectivity index (χ4n) is 2.92. The second kappa shape index (κ2) is 7.38. The van der Waals surface area contributed by atoms with Crippen LogP contribution in [0.1, 0.15) is 38.3 Å². The van der Waals surface area contributed by atoms with E-state index in [1.165, 1.54) is 18.3 Å². The van der Waals surface area contributed by atoms with Gasteiger partial charge in [0.1, 0.15) is 11.0 Å². The lowest BCUT2D eigenvalue weighted by Crippen LogP contribution is -2.59. The summed E-state index contributed by atoms with van der Waals surface area (Å²) in [6.45, 7) is 2.26. The average molecular weight is 345 g/mol. The van der Waals surface area contributed by atoms with E-state index in [4.69, 9.17) is 11.0 Å². The van der Waals surface area contributed by atoms with E-state index in [9.17, 15) is 8.42 Å². The van der Waals surface area contributed by atoms with E-state index in [0.29, 0.717) is 6.42 Å². The minimum atomic E-state index is -3.82. The first kappa shape index (κ1) is 18.8. The first-order chi connectivity index (χ1) is 9.95. The summed E-state index contributed by atoms with van der Waals surface area (Å²) in [5.41, 5.74) is 5.14. The van der Waals surface area contributed by atoms with Crippen molar-refractivity contribution in [2.45, 2.75) is 43.0 Å². The van der Waals surface area contributed by atoms with Gasteiger partial charge in [-0.05, 0) is 30.9 Å². The first-order valence-electron chi connectivity index (χ1n) is 7.04. The van der Waals surface area contributed by atoms with Crippen molar-refractivity contribution >= 4 is 22.4 Å². The summed E-state index contributed by atoms with van der Waals surface area (Å²) in [5, 5.41) is 9.03. The molecule has 0 saturated heterocycles. The number of hydrogen-bond acceptors (Lipinski definition) is 5. The molecular formula is C14H21ClN4O2S. The zero-order chi connectivity index (χ0) is 15.5. The van der Waals surface area contributed by atoms with Gasteiger partial charge >= 0.3 is 0 Å². The number of nitrogens with two attached hydrogens (primary N) is 1. The van der Waals surface area contributed by atoms with Crippen molar-refractivity contribution in [3.05, 3.63) is 24.0 Å². The Morgan fingerprint density at radius 3 is 2.86 bits per heavy atom. The predicted molar refractivity (Wildman–Crippen MR) is 85.9 cm³/mol. The Balaban J connectivity index is 0.00000242. The molecule has 0 amide bonds. The van der Waals surface area contributed by atoms with Crippen LogP contribution in [0.4, 0.5) is 0 Å². The van der Waals surface area contributed by atoms with Gasteiger partial charge in [-0.2, -0.15) is 5.26 Å². The van der Waals surface area contributed by atoms with Crippen LogP contribution in [-0.2, 0) is 10.0 Å². The lowest BCUT2D eigenvalue weighted by molar-refractivity contribution is 0.191. The van der Waals surface area contributed by atoms with Crippen molar-refractivity contribution < 1.29 is 8.42 Å². The number of nitrogens with zero attached hydrogens (tertiary/aromatic N) is 2. The van der Waals surface area contributed by atoms with Gasteiger partial charge in [-0.15, -0.1) is 12.4 Å². The van der Waals surface area contributed by atoms with E-state index in [0.717, 1.165) is 19.3 Å². The fourth-order valence-corrected chi connectivity index (χ4v) is 4.57. The second-order valence-corrected chi connectivity index (χ2v) is 7.23. The topological polar surface area (TPSA) is 109 Å². The van der Waals surface area contributed by atoms with E-state index in [1.807, 2.05) is 13.0 Å². The van der Waals surface area contributed by atoms with E-state index in [-0.39, 0.29) is 35.5 Å². The Morgan fingerprint density at radius 1 is 1.55 bits per heavy atom. The van der Waals surface area contributed by atoms with E-state index < -0.39 is 15.6 Å². The number of rotatable bonds is 4. The third-order valence-electron chi connectivity index (χ3n) is 4.32. The van der Waals surface area contributed by atoms with Crippen LogP contribution >= 0.6 is 12.4 Å². The molecule has 8 heteroatoms. The molecule has 22 heavy (non-hydrogen) atoms. The van der Waals surface area contributed by atoms with Crippen molar-refractivity contribution in [1.82, 2.24) is 9.71 Å². The standard InChI is InChI=1S/C14H20N4O2S.ClH/c1-11-5-2-3-7-14(11,10-16)18-21(19,20)13-6-4-8-17-12(13)9-15;/h4,6,8,11,18H,2-3,5,7,10,16H2,1H3;1H. The van der Waals surface area contributed by atoms with Gasteiger partial charge in [-0.3, -0.25) is 0 Å². The fraction of sp³-hybridized carbons (Fsp3) is 0.571. The highest BCUT2D eigenvalue weighted by atomic mass is 35.5. The molecule has 1 fully saturated rings. The molecular weight excluding hydrogens is 324 g/mol. The maximum Gasteiger partial charge on any atom is 0.244 e. The highest BCUT2D eigenvalue weighted by Crippen LogP contribution is 2.34. The summed E-state index contributed by atoms with van der Waals surface area (Å²) in [6.07, 6.45) is 5.09. The van der Waals surface area contributed by atoms with Gasteiger partial charge in [-0.25, -0.2) is 18.1 Å². The average Bonchev–Trinajstić information content (AvgIpc) is 2.49. The van der Waals surface area contributed by atoms with Gasteiger partial charge in [-0.1, -0.05) is 19.8 Å². The SMILES string of the molecule is CC1CCCCC1(CN)NS(=O)(=O)c1cccnc1C#N.Cl. The van der Waals surface area contributed by atoms with Crippen LogP contribution in [0.3, 0.4) is 0 Å². The van der Waals surface area contributed by atoms with Gasteiger partial charge in [0.25, 0.3) is 0 Å². The molecule has 2 unspecified atom stereocenters. The number of halogens is 1. The van der Waals surface area contributed by atoms with Crippen molar-refractivity contribution in [1.29, 1.82) is 5.26 Å². The molecule has 0 radical (unpaired) electrons. The normalized spacial score (nSPS) is 25.0. The Kier molecular flexibility index (Phi) is 6.32. The Bertz CT molecular complexity index is 659. The molecule has 2 atom stereocenters. The summed E-state index contributed by atoms with van der Waals surface area (Å²) in [7, 11) is -3.82. The van der Waals surface area contributed by atoms with Crippen LogP contribution in [0.25, 0.3) is 0 Å². The third-order valence-corrected chi connectivity index (χ3v) is 5.91. The number of nitrogens with one attached hydrogen (secondary N) is 1. The largest absolute Gasteiger partial charge is 0.329 e. The zero-order valence-electron chi connectivity index (χ0n) is 12.4. The summed E-state index contributed by atoms with van der Waals surface area (Å²) < 4.78 is 28.0. The first-order valence-corrected chi connectivity index (χ1v) is 8.53. The number of nitriles is 1. The molecule has 0 aromatic carbocycles. The third kappa shape index (κ3) is 3.58. The minimum absolute atomic E-state index is 0. The smallest absolute Gasteiger partial charge is 0.244 e. The second-order valence-electron chi connectivity index (χ2n) is 5.57. The van der Waals surface area contributed by atoms with Gasteiger partial charge in [0, 0.05) is 18.3 Å². The van der Waals surface area contributed by atoms with Gasteiger partial charge in [0.2, 0.25) is 10.0 Å². The molecule has 0 spiro atoms. The van der Waals surface area contributed by atoms with Crippen LogP contribution in [0.5, 0.6) is 0 Å². The Morgan fingerprint density at radius 2 is 2.27 bits per heavy atom. The minimum Gasteiger partial charge on any atom is -0.329 e. The molecule has 0 aliphatic heterocycles. The maximum absolute atomic E-state index is 12.6. The number of sulfonamides is 1. The molecule has 0 bridgehead atoms. The van der Waals surface area contributed by atoms with E-state index >= 15 is 0 Å². The maximum atomic E-state index is 12.6. The van der Waals surface area contributed by atoms with Gasteiger partial charge in [0.15, 0.2) is 5.69 Å². The summed E-state index contributed by atoms with van der Waals surface area (Å²) in [4.78, 5) is 3.73. The molecule has 6 nitrogen and oxygen atoms in total. The molecule has 1 saturated carbocycles. The van der Waals surface area contributed by atoms with Gasteiger partial charge < -0.3 is 5.73 Å². The molecule has 1 heterocycles. The van der Waals surface area contributed by atoms with Crippen LogP contribution in [0.2, 0.25) is 0 Å². The summed E-state index contributed by atoms with van der Waals surface area (Å²) in [5.74, 6) is 0.160. The summed E-state index contributed by atoms with van der Waals surface area (Å²) in [6, 6.07) is 4.72. The van der Waals surface area contributed by atoms with Crippen molar-refractivity contribution in [3.8, 4) is 6.07 Å². The molecule has 122 valence electrons. The molecule has 2 rings (SSSR count). The highest BCUT2D eigenvalue weighted by Gasteiger charge is 2.41. The summed E-state index contributed by atoms with van der Waals surface area (Å²) >= 11 is 0. The Labute approximate surface area is 137 Å². The van der Waals surface area contributed by atoms with Crippen molar-refractivity contribution in [2.24, 2.45) is 11.7 Å². The van der Waals surface area contributed by atoms with E-state index in [1.54, 1.807) is 0 Å². The number of hydrogen-bond donors (Lipinski definition) is 2. The number of pyridine rings is 1. The molecule has 1 aromatic heterocycles. The predicted octanol–water partition coefficient (Wildman–Crippen LogP) is 1.56. The van der Waals surface area contributed by atoms with Crippen LogP contribution in [0.15, 0.2) is 23.2 Å². The van der Waals surface area contributed by atoms with Crippen LogP contribution in [0, 0.1) is 17.2 Å². The van der Waals surface area contributed by atoms with Crippen LogP contribution < -0.4 is 10.5 Å². The zero-order valence-corrected chi connectivity index (χ0v) is 14.1. The lowest BCUT2D eigenvalue weighted by atomic mass is 9.74. The molecule has 1 aliphatic rings. The molecule has 3 N–H and O–H groups in total. The highest BCUT2D eigenvalue weighted by molar-refractivity contribution is 7.89. The quantitative estimate of drug-likeness (QED) is 0.861.